The predicted octanol–water partition coefficient (Wildman–Crippen LogP) is 1.76. The molecule has 25 heteroatoms. The van der Waals surface area contributed by atoms with E-state index in [1.54, 1.807) is 58.6 Å². The van der Waals surface area contributed by atoms with Gasteiger partial charge in [0.2, 0.25) is 5.91 Å². The normalized spacial score (nSPS) is 37.7. The number of aliphatic hydroxyl groups excluding tert-OH is 3. The number of halogens is 1. The smallest absolute Gasteiger partial charge is 0.414 e. The summed E-state index contributed by atoms with van der Waals surface area (Å²) in [6.07, 6.45) is -12.2. The van der Waals surface area contributed by atoms with Crippen molar-refractivity contribution in [3.8, 4) is 0 Å². The highest BCUT2D eigenvalue weighted by atomic mass is 19.1. The fraction of sp³-hybridized carbons (Fsp3) is 0.807. The summed E-state index contributed by atoms with van der Waals surface area (Å²) in [5.74, 6) is -5.57. The number of carbonyl (C=O) groups excluding carboxylic acids is 5. The molecule has 6 N–H and O–H groups in total. The number of aliphatic hydroxyl groups is 5. The Kier molecular flexibility index (Phi) is 23.3. The summed E-state index contributed by atoms with van der Waals surface area (Å²) >= 11 is 0. The van der Waals surface area contributed by atoms with Gasteiger partial charge in [0.05, 0.1) is 79.0 Å². The average Bonchev–Trinajstić information content (AvgIpc) is 3.35. The van der Waals surface area contributed by atoms with Gasteiger partial charge in [0.1, 0.15) is 35.8 Å². The van der Waals surface area contributed by atoms with Crippen molar-refractivity contribution in [2.45, 2.75) is 198 Å². The molecule has 5 fully saturated rings. The zero-order valence-corrected chi connectivity index (χ0v) is 50.1. The van der Waals surface area contributed by atoms with Crippen molar-refractivity contribution >= 4 is 41.2 Å². The van der Waals surface area contributed by atoms with E-state index in [9.17, 15) is 49.5 Å². The number of likely N-dealkylation sites (N-methyl/N-ethyl adjacent to an activating group) is 1. The monoisotopic (exact) mass is 1170 g/mol. The number of methoxy groups -OCH3 is 1. The molecule has 24 nitrogen and oxygen atoms in total. The van der Waals surface area contributed by atoms with Crippen LogP contribution in [0.2, 0.25) is 0 Å². The van der Waals surface area contributed by atoms with Gasteiger partial charge >= 0.3 is 18.0 Å². The number of hydrogen-bond donors (Lipinski definition) is 6. The minimum Gasteiger partial charge on any atom is -0.459 e. The summed E-state index contributed by atoms with van der Waals surface area (Å²) in [4.78, 5) is 73.8. The van der Waals surface area contributed by atoms with Crippen molar-refractivity contribution < 1.29 is 91.8 Å². The molecule has 466 valence electrons. The lowest BCUT2D eigenvalue weighted by atomic mass is 9.78. The first kappa shape index (κ1) is 66.8. The van der Waals surface area contributed by atoms with Gasteiger partial charge in [0.15, 0.2) is 19.2 Å². The third kappa shape index (κ3) is 16.3. The van der Waals surface area contributed by atoms with Crippen LogP contribution in [0, 0.1) is 23.6 Å². The molecule has 0 aromatic heterocycles. The van der Waals surface area contributed by atoms with Crippen molar-refractivity contribution in [3.05, 3.63) is 24.0 Å². The van der Waals surface area contributed by atoms with Crippen LogP contribution in [0.4, 0.5) is 20.6 Å². The molecule has 0 spiro atoms. The van der Waals surface area contributed by atoms with Crippen LogP contribution in [-0.4, -0.2) is 247 Å². The lowest BCUT2D eigenvalue weighted by Gasteiger charge is -2.48. The Labute approximate surface area is 481 Å². The van der Waals surface area contributed by atoms with Gasteiger partial charge in [-0.05, 0) is 99.0 Å². The second-order valence-electron chi connectivity index (χ2n) is 24.0. The molecular formula is C57H93FN6O18. The highest BCUT2D eigenvalue weighted by Gasteiger charge is 2.52. The molecule has 3 amide bonds. The van der Waals surface area contributed by atoms with E-state index in [0.717, 1.165) is 0 Å². The minimum absolute atomic E-state index is 0.00927. The molecule has 6 rings (SSSR count). The molecule has 0 aliphatic carbocycles. The standard InChI is InChI=1S/C57H93FN6O18/c1-14-44-57(10,74)51(70)31(2)28-63(18-17-46(67)76-30-45(66)62-21-19-61(20-22-62)41-16-15-38(24-40(41)58)64-29-39(79-55(64)72)27-59-37(8)65)32(3)26-56(9,73)52(82-54-49(69)42(60(11)12)23-33(4)77-54)34(5)50(35(6)53(71)80-44)81-47-25-43(75-13)48(68)36(7)78-47/h15-16,24,31-36,39,42-44,47-52,54,68-70,73-74H,14,17-23,25-30H2,1-13H3,(H,59,65)/t31-,32+,33+,34-,35+,36-,39-,42-,43+,44+,47-,48-,49+,50-,51+,52+,54-,56+,57+/m0/s1. The van der Waals surface area contributed by atoms with Crippen molar-refractivity contribution in [1.29, 1.82) is 0 Å². The van der Waals surface area contributed by atoms with Crippen LogP contribution < -0.4 is 15.1 Å². The van der Waals surface area contributed by atoms with Crippen molar-refractivity contribution in [1.82, 2.24) is 20.0 Å². The highest BCUT2D eigenvalue weighted by molar-refractivity contribution is 5.90. The van der Waals surface area contributed by atoms with Gasteiger partial charge in [-0.15, -0.1) is 0 Å². The number of benzene rings is 1. The quantitative estimate of drug-likeness (QED) is 0.102. The Bertz CT molecular complexity index is 2310. The summed E-state index contributed by atoms with van der Waals surface area (Å²) in [5.41, 5.74) is -3.25. The Morgan fingerprint density at radius 2 is 1.60 bits per heavy atom. The summed E-state index contributed by atoms with van der Waals surface area (Å²) in [5, 5.41) is 62.4. The third-order valence-corrected chi connectivity index (χ3v) is 17.2. The lowest BCUT2D eigenvalue weighted by molar-refractivity contribution is -0.311. The Hall–Kier alpha value is -4.38. The summed E-state index contributed by atoms with van der Waals surface area (Å²) < 4.78 is 64.1. The first-order valence-electron chi connectivity index (χ1n) is 28.9. The van der Waals surface area contributed by atoms with Gasteiger partial charge in [-0.1, -0.05) is 20.8 Å². The molecule has 0 radical (unpaired) electrons. The number of hydrogen-bond acceptors (Lipinski definition) is 21. The van der Waals surface area contributed by atoms with Crippen LogP contribution in [0.1, 0.15) is 101 Å². The van der Waals surface area contributed by atoms with Crippen LogP contribution in [0.25, 0.3) is 0 Å². The molecule has 1 aromatic carbocycles. The van der Waals surface area contributed by atoms with E-state index >= 15 is 4.39 Å². The topological polar surface area (TPSA) is 289 Å². The minimum atomic E-state index is -1.99. The van der Waals surface area contributed by atoms with Crippen LogP contribution in [0.15, 0.2) is 18.2 Å². The maximum absolute atomic E-state index is 15.6. The van der Waals surface area contributed by atoms with E-state index in [1.165, 1.54) is 36.8 Å². The van der Waals surface area contributed by atoms with Crippen molar-refractivity contribution in [2.24, 2.45) is 17.8 Å². The van der Waals surface area contributed by atoms with Gasteiger partial charge in [0, 0.05) is 77.7 Å². The maximum atomic E-state index is 15.6. The molecule has 0 unspecified atom stereocenters. The summed E-state index contributed by atoms with van der Waals surface area (Å²) in [6, 6.07) is 3.40. The highest BCUT2D eigenvalue weighted by Crippen LogP contribution is 2.39. The van der Waals surface area contributed by atoms with Crippen LogP contribution in [0.5, 0.6) is 0 Å². The molecule has 5 saturated heterocycles. The predicted molar refractivity (Wildman–Crippen MR) is 296 cm³/mol. The zero-order chi connectivity index (χ0) is 60.7. The van der Waals surface area contributed by atoms with Crippen molar-refractivity contribution in [2.75, 3.05) is 90.0 Å². The number of piperazine rings is 1. The number of amides is 3. The molecule has 19 atom stereocenters. The number of nitrogens with one attached hydrogen (secondary N) is 1. The first-order valence-corrected chi connectivity index (χ1v) is 28.9. The SMILES string of the molecule is CC[C@H]1OC(=O)[C@H](C)[C@@H](O[C@H]2C[C@@H](OC)[C@@H](O)[C@H](C)O2)[C@H](C)[C@@H](O[C@@H]2O[C@H](C)C[C@H](N(C)C)[C@H]2O)[C@](C)(O)C[C@@H](C)N(CCC(=O)OCC(=O)N2CCN(c3ccc(N4C[C@H](CNC(C)=O)OC4=O)cc3F)CC2)C[C@H](C)[C@@H](O)[C@]1(C)O. The molecule has 5 aliphatic heterocycles. The molecular weight excluding hydrogens is 1080 g/mol. The van der Waals surface area contributed by atoms with Crippen LogP contribution in [0.3, 0.4) is 0 Å². The molecule has 1 aromatic rings. The fourth-order valence-corrected chi connectivity index (χ4v) is 12.3. The number of esters is 2. The Balaban J connectivity index is 1.18. The van der Waals surface area contributed by atoms with Crippen molar-refractivity contribution in [3.63, 3.8) is 0 Å². The number of ether oxygens (including phenoxy) is 8. The van der Waals surface area contributed by atoms with Gasteiger partial charge in [-0.25, -0.2) is 9.18 Å². The molecule has 0 bridgehead atoms. The lowest BCUT2D eigenvalue weighted by Crippen LogP contribution is -2.60. The van der Waals surface area contributed by atoms with E-state index < -0.39 is 139 Å². The number of nitrogens with zero attached hydrogens (tertiary/aromatic N) is 5. The van der Waals surface area contributed by atoms with E-state index in [1.807, 2.05) is 37.7 Å². The molecule has 0 saturated carbocycles. The van der Waals surface area contributed by atoms with Gasteiger partial charge in [0.25, 0.3) is 5.91 Å². The zero-order valence-electron chi connectivity index (χ0n) is 50.1. The number of anilines is 2. The molecule has 5 aliphatic rings. The van der Waals surface area contributed by atoms with Crippen LogP contribution >= 0.6 is 0 Å². The van der Waals surface area contributed by atoms with E-state index in [0.29, 0.717) is 12.1 Å². The van der Waals surface area contributed by atoms with E-state index in [-0.39, 0.29) is 102 Å². The molecule has 5 heterocycles. The summed E-state index contributed by atoms with van der Waals surface area (Å²) in [6.45, 7) is 17.2. The summed E-state index contributed by atoms with van der Waals surface area (Å²) in [7, 11) is 5.13. The van der Waals surface area contributed by atoms with Gasteiger partial charge in [-0.3, -0.25) is 29.0 Å². The molecule has 82 heavy (non-hydrogen) atoms. The Morgan fingerprint density at radius 3 is 2.22 bits per heavy atom. The van der Waals surface area contributed by atoms with Gasteiger partial charge < -0.3 is 83.4 Å². The maximum Gasteiger partial charge on any atom is 0.414 e. The second-order valence-corrected chi connectivity index (χ2v) is 24.0. The first-order chi connectivity index (χ1) is 38.5. The number of cyclic esters (lactones) is 2. The second kappa shape index (κ2) is 28.7. The van der Waals surface area contributed by atoms with Gasteiger partial charge in [-0.2, -0.15) is 0 Å². The number of rotatable bonds is 16. The third-order valence-electron chi connectivity index (χ3n) is 17.2. The average molecular weight is 1170 g/mol. The van der Waals surface area contributed by atoms with E-state index in [2.05, 4.69) is 5.32 Å². The Morgan fingerprint density at radius 1 is 0.915 bits per heavy atom. The van der Waals surface area contributed by atoms with E-state index in [4.69, 9.17) is 37.9 Å². The fourth-order valence-electron chi connectivity index (χ4n) is 12.3. The number of carbonyl (C=O) groups is 5. The largest absolute Gasteiger partial charge is 0.459 e. The van der Waals surface area contributed by atoms with Crippen LogP contribution in [-0.2, 0) is 57.1 Å².